The van der Waals surface area contributed by atoms with E-state index in [9.17, 15) is 0 Å². The largest absolute Gasteiger partial charge is 0.341 e. The summed E-state index contributed by atoms with van der Waals surface area (Å²) in [5, 5.41) is 3.15. The lowest BCUT2D eigenvalue weighted by Crippen LogP contribution is -2.29. The van der Waals surface area contributed by atoms with Gasteiger partial charge in [0.1, 0.15) is 0 Å². The molecule has 1 N–H and O–H groups in total. The molecule has 0 radical (unpaired) electrons. The van der Waals surface area contributed by atoms with E-state index in [2.05, 4.69) is 26.3 Å². The zero-order valence-corrected chi connectivity index (χ0v) is 11.6. The minimum atomic E-state index is 0.810. The number of hydrogen-bond donors (Lipinski definition) is 1. The molecule has 1 fully saturated rings. The lowest BCUT2D eigenvalue weighted by Gasteiger charge is -2.25. The highest BCUT2D eigenvalue weighted by Gasteiger charge is 2.12. The molecule has 0 spiro atoms. The lowest BCUT2D eigenvalue weighted by molar-refractivity contribution is 0.549. The summed E-state index contributed by atoms with van der Waals surface area (Å²) in [4.78, 5) is 11.6. The molecule has 4 heteroatoms. The number of rotatable bonds is 3. The van der Waals surface area contributed by atoms with E-state index < -0.39 is 0 Å². The first-order chi connectivity index (χ1) is 8.79. The SMILES string of the molecule is CNCc1cc(C)nc(N2CCCCCCC2)n1. The van der Waals surface area contributed by atoms with Crippen molar-refractivity contribution >= 4 is 5.95 Å². The molecule has 1 aliphatic heterocycles. The molecule has 0 saturated carbocycles. The van der Waals surface area contributed by atoms with Crippen molar-refractivity contribution in [3.05, 3.63) is 17.5 Å². The highest BCUT2D eigenvalue weighted by Crippen LogP contribution is 2.16. The van der Waals surface area contributed by atoms with Gasteiger partial charge in [0, 0.05) is 25.3 Å². The first-order valence-electron chi connectivity index (χ1n) is 7.03. The Morgan fingerprint density at radius 3 is 2.44 bits per heavy atom. The van der Waals surface area contributed by atoms with Gasteiger partial charge < -0.3 is 10.2 Å². The Bertz CT molecular complexity index is 370. The fraction of sp³-hybridized carbons (Fsp3) is 0.714. The molecule has 1 aromatic rings. The molecule has 0 atom stereocenters. The standard InChI is InChI=1S/C14H24N4/c1-12-10-13(11-15-2)17-14(16-12)18-8-6-4-3-5-7-9-18/h10,15H,3-9,11H2,1-2H3. The van der Waals surface area contributed by atoms with Crippen LogP contribution in [0.2, 0.25) is 0 Å². The van der Waals surface area contributed by atoms with Gasteiger partial charge in [0.2, 0.25) is 5.95 Å². The normalized spacial score (nSPS) is 17.3. The van der Waals surface area contributed by atoms with E-state index in [1.807, 2.05) is 14.0 Å². The van der Waals surface area contributed by atoms with E-state index in [1.54, 1.807) is 0 Å². The van der Waals surface area contributed by atoms with Gasteiger partial charge >= 0.3 is 0 Å². The molecule has 0 unspecified atom stereocenters. The minimum Gasteiger partial charge on any atom is -0.341 e. The second kappa shape index (κ2) is 6.69. The average molecular weight is 248 g/mol. The van der Waals surface area contributed by atoms with Crippen LogP contribution in [0.15, 0.2) is 6.07 Å². The monoisotopic (exact) mass is 248 g/mol. The predicted molar refractivity (Wildman–Crippen MR) is 74.8 cm³/mol. The van der Waals surface area contributed by atoms with Crippen molar-refractivity contribution in [2.45, 2.75) is 45.6 Å². The molecular weight excluding hydrogens is 224 g/mol. The van der Waals surface area contributed by atoms with Crippen molar-refractivity contribution in [1.82, 2.24) is 15.3 Å². The molecular formula is C14H24N4. The van der Waals surface area contributed by atoms with E-state index in [-0.39, 0.29) is 0 Å². The van der Waals surface area contributed by atoms with Gasteiger partial charge in [0.05, 0.1) is 5.69 Å². The summed E-state index contributed by atoms with van der Waals surface area (Å²) >= 11 is 0. The smallest absolute Gasteiger partial charge is 0.225 e. The zero-order valence-electron chi connectivity index (χ0n) is 11.6. The van der Waals surface area contributed by atoms with Crippen LogP contribution >= 0.6 is 0 Å². The van der Waals surface area contributed by atoms with E-state index >= 15 is 0 Å². The van der Waals surface area contributed by atoms with Gasteiger partial charge in [-0.05, 0) is 32.9 Å². The Morgan fingerprint density at radius 1 is 1.11 bits per heavy atom. The fourth-order valence-corrected chi connectivity index (χ4v) is 2.48. The van der Waals surface area contributed by atoms with Gasteiger partial charge in [-0.25, -0.2) is 9.97 Å². The lowest BCUT2D eigenvalue weighted by atomic mass is 10.1. The highest BCUT2D eigenvalue weighted by atomic mass is 15.2. The van der Waals surface area contributed by atoms with Crippen LogP contribution in [0.25, 0.3) is 0 Å². The number of nitrogens with zero attached hydrogens (tertiary/aromatic N) is 3. The van der Waals surface area contributed by atoms with Crippen LogP contribution in [-0.4, -0.2) is 30.1 Å². The Labute approximate surface area is 110 Å². The third-order valence-corrected chi connectivity index (χ3v) is 3.39. The van der Waals surface area contributed by atoms with Gasteiger partial charge in [0.15, 0.2) is 0 Å². The van der Waals surface area contributed by atoms with Crippen LogP contribution in [0, 0.1) is 6.92 Å². The van der Waals surface area contributed by atoms with E-state index in [1.165, 1.54) is 32.1 Å². The summed E-state index contributed by atoms with van der Waals surface area (Å²) in [7, 11) is 1.95. The maximum atomic E-state index is 4.67. The number of anilines is 1. The number of aryl methyl sites for hydroxylation is 1. The maximum Gasteiger partial charge on any atom is 0.225 e. The molecule has 0 bridgehead atoms. The van der Waals surface area contributed by atoms with Crippen molar-refractivity contribution in [3.63, 3.8) is 0 Å². The van der Waals surface area contributed by atoms with Crippen LogP contribution in [0.4, 0.5) is 5.95 Å². The first-order valence-corrected chi connectivity index (χ1v) is 7.03. The summed E-state index contributed by atoms with van der Waals surface area (Å²) in [6, 6.07) is 2.06. The molecule has 100 valence electrons. The van der Waals surface area contributed by atoms with Gasteiger partial charge in [-0.3, -0.25) is 0 Å². The van der Waals surface area contributed by atoms with E-state index in [4.69, 9.17) is 0 Å². The summed E-state index contributed by atoms with van der Waals surface area (Å²) < 4.78 is 0. The Hall–Kier alpha value is -1.16. The summed E-state index contributed by atoms with van der Waals surface area (Å²) in [6.45, 7) is 5.06. The fourth-order valence-electron chi connectivity index (χ4n) is 2.48. The molecule has 2 heterocycles. The second-order valence-corrected chi connectivity index (χ2v) is 5.09. The average Bonchev–Trinajstić information content (AvgIpc) is 2.27. The van der Waals surface area contributed by atoms with E-state index in [0.29, 0.717) is 0 Å². The summed E-state index contributed by atoms with van der Waals surface area (Å²) in [5.41, 5.74) is 2.15. The number of hydrogen-bond acceptors (Lipinski definition) is 4. The molecule has 1 aliphatic rings. The third kappa shape index (κ3) is 3.67. The molecule has 0 amide bonds. The van der Waals surface area contributed by atoms with Gasteiger partial charge in [0.25, 0.3) is 0 Å². The third-order valence-electron chi connectivity index (χ3n) is 3.39. The molecule has 4 nitrogen and oxygen atoms in total. The number of nitrogens with one attached hydrogen (secondary N) is 1. The van der Waals surface area contributed by atoms with Crippen molar-refractivity contribution in [2.24, 2.45) is 0 Å². The Morgan fingerprint density at radius 2 is 1.78 bits per heavy atom. The number of aromatic nitrogens is 2. The van der Waals surface area contributed by atoms with Crippen LogP contribution < -0.4 is 10.2 Å². The highest BCUT2D eigenvalue weighted by molar-refractivity contribution is 5.32. The molecule has 1 aromatic heterocycles. The topological polar surface area (TPSA) is 41.1 Å². The van der Waals surface area contributed by atoms with Crippen molar-refractivity contribution < 1.29 is 0 Å². The first kappa shape index (κ1) is 13.3. The van der Waals surface area contributed by atoms with E-state index in [0.717, 1.165) is 37.0 Å². The molecule has 0 aliphatic carbocycles. The van der Waals surface area contributed by atoms with Crippen LogP contribution in [0.1, 0.15) is 43.5 Å². The molecule has 18 heavy (non-hydrogen) atoms. The van der Waals surface area contributed by atoms with Gasteiger partial charge in [-0.1, -0.05) is 19.3 Å². The quantitative estimate of drug-likeness (QED) is 0.891. The van der Waals surface area contributed by atoms with Crippen molar-refractivity contribution in [1.29, 1.82) is 0 Å². The Balaban J connectivity index is 2.14. The Kier molecular flexibility index (Phi) is 4.93. The maximum absolute atomic E-state index is 4.67. The summed E-state index contributed by atoms with van der Waals surface area (Å²) in [6.07, 6.45) is 6.59. The van der Waals surface area contributed by atoms with Crippen LogP contribution in [-0.2, 0) is 6.54 Å². The van der Waals surface area contributed by atoms with Gasteiger partial charge in [-0.2, -0.15) is 0 Å². The molecule has 2 rings (SSSR count). The van der Waals surface area contributed by atoms with Gasteiger partial charge in [-0.15, -0.1) is 0 Å². The summed E-state index contributed by atoms with van der Waals surface area (Å²) in [5.74, 6) is 0.919. The van der Waals surface area contributed by atoms with Crippen LogP contribution in [0.5, 0.6) is 0 Å². The molecule has 1 saturated heterocycles. The predicted octanol–water partition coefficient (Wildman–Crippen LogP) is 2.27. The minimum absolute atomic E-state index is 0.810. The zero-order chi connectivity index (χ0) is 12.8. The van der Waals surface area contributed by atoms with Crippen molar-refractivity contribution in [3.8, 4) is 0 Å². The van der Waals surface area contributed by atoms with Crippen molar-refractivity contribution in [2.75, 3.05) is 25.0 Å². The second-order valence-electron chi connectivity index (χ2n) is 5.09. The van der Waals surface area contributed by atoms with Crippen LogP contribution in [0.3, 0.4) is 0 Å². The molecule has 0 aromatic carbocycles.